The van der Waals surface area contributed by atoms with Crippen molar-refractivity contribution in [1.29, 1.82) is 0 Å². The minimum absolute atomic E-state index is 0.0164. The van der Waals surface area contributed by atoms with Crippen molar-refractivity contribution in [2.24, 2.45) is 0 Å². The molecule has 1 saturated carbocycles. The predicted molar refractivity (Wildman–Crippen MR) is 183 cm³/mol. The number of rotatable bonds is 13. The van der Waals surface area contributed by atoms with Crippen LogP contribution < -0.4 is 5.32 Å². The predicted octanol–water partition coefficient (Wildman–Crippen LogP) is 5.71. The summed E-state index contributed by atoms with van der Waals surface area (Å²) >= 11 is 0. The Balaban J connectivity index is 1.10. The van der Waals surface area contributed by atoms with E-state index in [2.05, 4.69) is 16.8 Å². The van der Waals surface area contributed by atoms with Gasteiger partial charge in [-0.3, -0.25) is 19.4 Å². The molecule has 2 N–H and O–H groups in total. The highest BCUT2D eigenvalue weighted by Crippen LogP contribution is 2.39. The Morgan fingerprint density at radius 1 is 0.939 bits per heavy atom. The molecule has 2 saturated heterocycles. The van der Waals surface area contributed by atoms with E-state index in [1.54, 1.807) is 0 Å². The van der Waals surface area contributed by atoms with Gasteiger partial charge < -0.3 is 24.6 Å². The summed E-state index contributed by atoms with van der Waals surface area (Å²) < 4.78 is 18.4. The van der Waals surface area contributed by atoms with E-state index in [1.165, 1.54) is 30.6 Å². The largest absolute Gasteiger partial charge is 0.445 e. The van der Waals surface area contributed by atoms with Gasteiger partial charge in [0.15, 0.2) is 6.29 Å². The molecule has 2 heterocycles. The lowest BCUT2D eigenvalue weighted by atomic mass is 9.99. The molecule has 3 aromatic carbocycles. The topological polar surface area (TPSA) is 118 Å². The van der Waals surface area contributed by atoms with Crippen LogP contribution in [0, 0.1) is 0 Å². The lowest BCUT2D eigenvalue weighted by molar-refractivity contribution is -0.253. The summed E-state index contributed by atoms with van der Waals surface area (Å²) in [6.45, 7) is 5.71. The van der Waals surface area contributed by atoms with E-state index in [9.17, 15) is 19.5 Å². The number of carbonyl (C=O) groups excluding carboxylic acids is 3. The number of alkyl carbamates (subject to hydrolysis) is 1. The number of hydrogen-bond acceptors (Lipinski definition) is 8. The zero-order valence-electron chi connectivity index (χ0n) is 27.7. The Bertz CT molecular complexity index is 1570. The highest BCUT2D eigenvalue weighted by molar-refractivity contribution is 6.06. The molecule has 10 heteroatoms. The summed E-state index contributed by atoms with van der Waals surface area (Å²) in [6, 6.07) is 24.2. The fraction of sp³-hybridized carbons (Fsp3) is 0.410. The molecule has 10 nitrogen and oxygen atoms in total. The van der Waals surface area contributed by atoms with Crippen LogP contribution in [0.4, 0.5) is 4.79 Å². The maximum absolute atomic E-state index is 13.1. The van der Waals surface area contributed by atoms with E-state index < -0.39 is 24.3 Å². The van der Waals surface area contributed by atoms with Crippen molar-refractivity contribution in [3.63, 3.8) is 0 Å². The second-order valence-corrected chi connectivity index (χ2v) is 13.1. The van der Waals surface area contributed by atoms with Gasteiger partial charge in [0.05, 0.1) is 31.8 Å². The highest BCUT2D eigenvalue weighted by Gasteiger charge is 2.40. The quantitative estimate of drug-likeness (QED) is 0.176. The molecule has 6 rings (SSSR count). The van der Waals surface area contributed by atoms with Gasteiger partial charge in [-0.1, -0.05) is 97.8 Å². The van der Waals surface area contributed by atoms with Gasteiger partial charge in [-0.05, 0) is 35.1 Å². The Hall–Kier alpha value is -4.35. The molecular formula is C39H45N3O7. The fourth-order valence-electron chi connectivity index (χ4n) is 6.93. The van der Waals surface area contributed by atoms with Crippen LogP contribution in [0.15, 0.2) is 91.5 Å². The van der Waals surface area contributed by atoms with Crippen molar-refractivity contribution < 1.29 is 33.7 Å². The molecule has 4 atom stereocenters. The third kappa shape index (κ3) is 8.82. The van der Waals surface area contributed by atoms with Crippen molar-refractivity contribution in [3.8, 4) is 0 Å². The Kier molecular flexibility index (Phi) is 11.5. The van der Waals surface area contributed by atoms with E-state index in [1.807, 2.05) is 84.9 Å². The van der Waals surface area contributed by atoms with Gasteiger partial charge in [0.25, 0.3) is 5.91 Å². The minimum Gasteiger partial charge on any atom is -0.445 e. The summed E-state index contributed by atoms with van der Waals surface area (Å²) in [7, 11) is 0. The lowest BCUT2D eigenvalue weighted by Crippen LogP contribution is -2.43. The van der Waals surface area contributed by atoms with Crippen LogP contribution in [-0.4, -0.2) is 64.1 Å². The zero-order chi connectivity index (χ0) is 34.2. The number of likely N-dealkylation sites (tertiary alicyclic amines) is 1. The van der Waals surface area contributed by atoms with Crippen molar-refractivity contribution >= 4 is 17.9 Å². The second-order valence-electron chi connectivity index (χ2n) is 13.1. The number of hydrogen-bond donors (Lipinski definition) is 2. The van der Waals surface area contributed by atoms with Crippen molar-refractivity contribution in [3.05, 3.63) is 119 Å². The average Bonchev–Trinajstić information content (AvgIpc) is 3.76. The second kappa shape index (κ2) is 16.4. The van der Waals surface area contributed by atoms with Crippen molar-refractivity contribution in [2.75, 3.05) is 13.1 Å². The standard InChI is InChI=1S/C39H45N3O7/c1-2-20-41(32-10-6-7-11-32)24-33-21-35(30-16-14-28(25-43)15-17-30)49-38(48-33)31-18-12-27(13-19-31)23-42-36(44)22-34(37(42)45)40-39(46)47-26-29-8-4-3-5-9-29/h2-5,8-9,12-19,32-35,38,43H,1,6-7,10-11,20-26H2,(H,40,46)/t33-,34?,35+,38+/m1/s1. The van der Waals surface area contributed by atoms with E-state index in [4.69, 9.17) is 14.2 Å². The SMILES string of the molecule is C=CCN(C[C@H]1C[C@@H](c2ccc(CO)cc2)O[C@@H](c2ccc(CN3C(=O)CC(NC(=O)OCc4ccccc4)C3=O)cc2)O1)C1CCCC1. The molecule has 258 valence electrons. The van der Waals surface area contributed by atoms with Crippen LogP contribution in [0.5, 0.6) is 0 Å². The van der Waals surface area contributed by atoms with Gasteiger partial charge in [0.2, 0.25) is 5.91 Å². The number of imide groups is 1. The Labute approximate surface area is 287 Å². The van der Waals surface area contributed by atoms with Crippen LogP contribution in [0.1, 0.15) is 78.7 Å². The number of ether oxygens (including phenoxy) is 3. The molecule has 1 aliphatic carbocycles. The van der Waals surface area contributed by atoms with E-state index in [-0.39, 0.29) is 44.3 Å². The molecule has 0 aromatic heterocycles. The molecular weight excluding hydrogens is 622 g/mol. The summed E-state index contributed by atoms with van der Waals surface area (Å²) in [5.41, 5.74) is 4.29. The number of aliphatic hydroxyl groups is 1. The van der Waals surface area contributed by atoms with Crippen LogP contribution in [0.3, 0.4) is 0 Å². The van der Waals surface area contributed by atoms with Crippen LogP contribution in [0.25, 0.3) is 0 Å². The molecule has 0 bridgehead atoms. The van der Waals surface area contributed by atoms with Gasteiger partial charge in [-0.15, -0.1) is 6.58 Å². The minimum atomic E-state index is -0.968. The summed E-state index contributed by atoms with van der Waals surface area (Å²) in [5.74, 6) is -0.820. The van der Waals surface area contributed by atoms with E-state index >= 15 is 0 Å². The monoisotopic (exact) mass is 667 g/mol. The number of carbonyl (C=O) groups is 3. The number of aliphatic hydroxyl groups excluding tert-OH is 1. The molecule has 0 radical (unpaired) electrons. The third-order valence-corrected chi connectivity index (χ3v) is 9.60. The number of benzene rings is 3. The molecule has 1 unspecified atom stereocenters. The van der Waals surface area contributed by atoms with Gasteiger partial charge in [0, 0.05) is 31.1 Å². The number of nitrogens with one attached hydrogen (secondary N) is 1. The van der Waals surface area contributed by atoms with Crippen molar-refractivity contribution in [1.82, 2.24) is 15.1 Å². The molecule has 3 aliphatic rings. The average molecular weight is 668 g/mol. The summed E-state index contributed by atoms with van der Waals surface area (Å²) in [4.78, 5) is 41.9. The lowest BCUT2D eigenvalue weighted by Gasteiger charge is -2.39. The number of amides is 3. The Morgan fingerprint density at radius 2 is 1.63 bits per heavy atom. The highest BCUT2D eigenvalue weighted by atomic mass is 16.7. The molecule has 2 aliphatic heterocycles. The van der Waals surface area contributed by atoms with Gasteiger partial charge in [0.1, 0.15) is 12.6 Å². The van der Waals surface area contributed by atoms with Gasteiger partial charge in [-0.2, -0.15) is 0 Å². The van der Waals surface area contributed by atoms with Gasteiger partial charge in [-0.25, -0.2) is 4.79 Å². The first-order valence-electron chi connectivity index (χ1n) is 17.2. The first-order chi connectivity index (χ1) is 23.9. The van der Waals surface area contributed by atoms with Crippen LogP contribution in [0.2, 0.25) is 0 Å². The maximum Gasteiger partial charge on any atom is 0.408 e. The Morgan fingerprint density at radius 3 is 2.33 bits per heavy atom. The fourth-order valence-corrected chi connectivity index (χ4v) is 6.93. The molecule has 3 amide bonds. The number of nitrogens with zero attached hydrogens (tertiary/aromatic N) is 2. The van der Waals surface area contributed by atoms with E-state index in [0.29, 0.717) is 12.5 Å². The molecule has 49 heavy (non-hydrogen) atoms. The molecule has 3 fully saturated rings. The normalized spacial score (nSPS) is 22.9. The summed E-state index contributed by atoms with van der Waals surface area (Å²) in [5, 5.41) is 12.1. The molecule has 3 aromatic rings. The first kappa shape index (κ1) is 34.5. The zero-order valence-corrected chi connectivity index (χ0v) is 27.7. The smallest absolute Gasteiger partial charge is 0.408 e. The van der Waals surface area contributed by atoms with Gasteiger partial charge >= 0.3 is 6.09 Å². The van der Waals surface area contributed by atoms with Crippen LogP contribution >= 0.6 is 0 Å². The maximum atomic E-state index is 13.1. The first-order valence-corrected chi connectivity index (χ1v) is 17.2. The third-order valence-electron chi connectivity index (χ3n) is 9.60. The van der Waals surface area contributed by atoms with E-state index in [0.717, 1.165) is 40.9 Å². The van der Waals surface area contributed by atoms with Crippen LogP contribution in [-0.2, 0) is 43.6 Å². The molecule has 0 spiro atoms. The summed E-state index contributed by atoms with van der Waals surface area (Å²) in [6.07, 6.45) is 5.76. The van der Waals surface area contributed by atoms with Crippen molar-refractivity contribution in [2.45, 2.75) is 88.9 Å².